The van der Waals surface area contributed by atoms with E-state index in [-0.39, 0.29) is 0 Å². The Morgan fingerprint density at radius 1 is 0.407 bits per heavy atom. The SMILES string of the molecule is [C-]#[N+]c1c(-c2ccccc2)c(C#N)c(-n2c3c(ccc4c5ccccc5sc43)c3ccc4c(sc5cccc(-c6ccccc6)c54)c32)c(-c2ccccc2)c1-n1c2ccccc2c2ccc(-c3cccc4c3oc3ccccc34)cc21. The Balaban J connectivity index is 1.11. The van der Waals surface area contributed by atoms with Crippen LogP contribution in [0, 0.1) is 17.9 Å². The summed E-state index contributed by atoms with van der Waals surface area (Å²) in [6.45, 7) is 9.57. The van der Waals surface area contributed by atoms with Crippen LogP contribution < -0.4 is 0 Å². The molecule has 81 heavy (non-hydrogen) atoms. The summed E-state index contributed by atoms with van der Waals surface area (Å²) in [5.41, 5.74) is 15.1. The summed E-state index contributed by atoms with van der Waals surface area (Å²) >= 11 is 3.60. The highest BCUT2D eigenvalue weighted by molar-refractivity contribution is 7.27. The number of thiophene rings is 2. The molecule has 7 heteroatoms. The van der Waals surface area contributed by atoms with Gasteiger partial charge in [-0.1, -0.05) is 212 Å². The van der Waals surface area contributed by atoms with Gasteiger partial charge in [0, 0.05) is 80.0 Å². The van der Waals surface area contributed by atoms with Crippen molar-refractivity contribution >= 4 is 134 Å². The van der Waals surface area contributed by atoms with Crippen LogP contribution in [0.5, 0.6) is 0 Å². The molecule has 0 saturated carbocycles. The first-order chi connectivity index (χ1) is 40.1. The second-order valence-corrected chi connectivity index (χ2v) is 22.9. The maximum atomic E-state index is 12.4. The number of para-hydroxylation sites is 3. The fourth-order valence-corrected chi connectivity index (χ4v) is 15.7. The molecule has 0 fully saturated rings. The van der Waals surface area contributed by atoms with Crippen LogP contribution in [0.25, 0.3) is 167 Å². The Morgan fingerprint density at radius 3 is 1.72 bits per heavy atom. The normalized spacial score (nSPS) is 11.9. The van der Waals surface area contributed by atoms with Crippen LogP contribution in [0.1, 0.15) is 5.56 Å². The third kappa shape index (κ3) is 6.45. The molecule has 17 aromatic rings. The van der Waals surface area contributed by atoms with Gasteiger partial charge in [-0.2, -0.15) is 5.26 Å². The van der Waals surface area contributed by atoms with Crippen molar-refractivity contribution < 1.29 is 4.42 Å². The van der Waals surface area contributed by atoms with Crippen molar-refractivity contribution in [3.63, 3.8) is 0 Å². The highest BCUT2D eigenvalue weighted by Gasteiger charge is 2.33. The molecule has 0 atom stereocenters. The first kappa shape index (κ1) is 45.5. The minimum absolute atomic E-state index is 0.389. The highest BCUT2D eigenvalue weighted by atomic mass is 32.1. The molecule has 0 N–H and O–H groups in total. The van der Waals surface area contributed by atoms with Gasteiger partial charge in [0.1, 0.15) is 17.2 Å². The first-order valence-corrected chi connectivity index (χ1v) is 28.6. The molecule has 0 unspecified atom stereocenters. The van der Waals surface area contributed by atoms with E-state index in [2.05, 4.69) is 214 Å². The monoisotopic (exact) mass is 1060 g/mol. The van der Waals surface area contributed by atoms with E-state index in [1.165, 1.54) is 25.7 Å². The predicted octanol–water partition coefficient (Wildman–Crippen LogP) is 21.6. The Labute approximate surface area is 471 Å². The minimum atomic E-state index is 0.389. The quantitative estimate of drug-likeness (QED) is 0.156. The summed E-state index contributed by atoms with van der Waals surface area (Å²) in [5.74, 6) is 0. The number of rotatable bonds is 6. The topological polar surface area (TPSA) is 51.1 Å². The van der Waals surface area contributed by atoms with Gasteiger partial charge >= 0.3 is 0 Å². The van der Waals surface area contributed by atoms with E-state index >= 15 is 0 Å². The van der Waals surface area contributed by atoms with Gasteiger partial charge in [0.15, 0.2) is 0 Å². The van der Waals surface area contributed by atoms with Gasteiger partial charge < -0.3 is 13.6 Å². The number of aromatic nitrogens is 2. The first-order valence-electron chi connectivity index (χ1n) is 27.0. The average Bonchev–Trinajstić information content (AvgIpc) is 2.73. The molecule has 5 aromatic heterocycles. The number of nitrogens with zero attached hydrogens (tertiary/aromatic N) is 4. The molecule has 0 aliphatic heterocycles. The lowest BCUT2D eigenvalue weighted by Crippen LogP contribution is -2.09. The van der Waals surface area contributed by atoms with Crippen molar-refractivity contribution in [2.45, 2.75) is 0 Å². The summed E-state index contributed by atoms with van der Waals surface area (Å²) in [5, 5.41) is 23.5. The van der Waals surface area contributed by atoms with E-state index in [1.807, 2.05) is 48.5 Å². The number of benzene rings is 12. The molecular weight excluding hydrogens is 1020 g/mol. The molecule has 0 saturated heterocycles. The summed E-state index contributed by atoms with van der Waals surface area (Å²) in [4.78, 5) is 4.66. The maximum Gasteiger partial charge on any atom is 0.220 e. The van der Waals surface area contributed by atoms with Gasteiger partial charge in [-0.15, -0.1) is 22.7 Å². The molecule has 0 radical (unpaired) electrons. The van der Waals surface area contributed by atoms with Crippen molar-refractivity contribution in [1.82, 2.24) is 9.13 Å². The third-order valence-corrected chi connectivity index (χ3v) is 19.0. The van der Waals surface area contributed by atoms with Gasteiger partial charge in [-0.05, 0) is 58.1 Å². The van der Waals surface area contributed by atoms with E-state index in [1.54, 1.807) is 22.7 Å². The van der Waals surface area contributed by atoms with Gasteiger partial charge in [-0.3, -0.25) is 0 Å². The van der Waals surface area contributed by atoms with Gasteiger partial charge in [0.05, 0.1) is 55.0 Å². The number of hydrogen-bond donors (Lipinski definition) is 0. The lowest BCUT2D eigenvalue weighted by molar-refractivity contribution is 0.670. The molecule has 0 bridgehead atoms. The smallest absolute Gasteiger partial charge is 0.220 e. The molecule has 17 rings (SSSR count). The van der Waals surface area contributed by atoms with E-state index in [0.717, 1.165) is 125 Å². The van der Waals surface area contributed by atoms with Gasteiger partial charge in [0.2, 0.25) is 5.69 Å². The van der Waals surface area contributed by atoms with Crippen LogP contribution in [-0.4, -0.2) is 9.13 Å². The van der Waals surface area contributed by atoms with E-state index < -0.39 is 0 Å². The maximum absolute atomic E-state index is 12.4. The van der Waals surface area contributed by atoms with Crippen LogP contribution >= 0.6 is 22.7 Å². The van der Waals surface area contributed by atoms with Crippen molar-refractivity contribution in [3.05, 3.63) is 260 Å². The zero-order valence-electron chi connectivity index (χ0n) is 43.1. The Kier molecular flexibility index (Phi) is 9.82. The largest absolute Gasteiger partial charge is 0.455 e. The standard InChI is InChI=1S/C74H40N4OS2/c1-76-67-64(44-21-7-3-8-22-44)58(42-75)68(78-69-53(37-39-56-52-27-13-16-33-62(52)80-73(56)69)54-38-40-57-66-47(43-19-5-2-6-20-43)28-18-34-63(66)81-74(57)70(54)78)65(45-23-9-4-10-24-45)71(67)77-59-31-14-11-25-49(59)50-36-35-46(41-60(50)77)48-29-17-30-55-51-26-12-15-32-61(51)79-72(48)55/h2-41H. The van der Waals surface area contributed by atoms with Crippen LogP contribution in [0.15, 0.2) is 247 Å². The number of furan rings is 1. The van der Waals surface area contributed by atoms with Gasteiger partial charge in [0.25, 0.3) is 0 Å². The van der Waals surface area contributed by atoms with Crippen LogP contribution in [0.2, 0.25) is 0 Å². The Morgan fingerprint density at radius 2 is 0.963 bits per heavy atom. The van der Waals surface area contributed by atoms with E-state index in [9.17, 15) is 11.8 Å². The average molecular weight is 1070 g/mol. The highest BCUT2D eigenvalue weighted by Crippen LogP contribution is 2.55. The Bertz CT molecular complexity index is 5610. The molecule has 0 aliphatic rings. The summed E-state index contributed by atoms with van der Waals surface area (Å²) in [6.07, 6.45) is 0. The number of fused-ring (bicyclic) bond motifs is 17. The fourth-order valence-electron chi connectivity index (χ4n) is 13.2. The second-order valence-electron chi connectivity index (χ2n) is 20.7. The van der Waals surface area contributed by atoms with E-state index in [0.29, 0.717) is 22.5 Å². The molecule has 5 heterocycles. The predicted molar refractivity (Wildman–Crippen MR) is 341 cm³/mol. The van der Waals surface area contributed by atoms with Crippen molar-refractivity contribution in [1.29, 1.82) is 5.26 Å². The van der Waals surface area contributed by atoms with Crippen molar-refractivity contribution in [2.24, 2.45) is 0 Å². The summed E-state index contributed by atoms with van der Waals surface area (Å²) < 4.78 is 16.1. The minimum Gasteiger partial charge on any atom is -0.455 e. The molecule has 0 aliphatic carbocycles. The second kappa shape index (κ2) is 17.5. The third-order valence-electron chi connectivity index (χ3n) is 16.6. The number of hydrogen-bond acceptors (Lipinski definition) is 4. The molecule has 0 amide bonds. The van der Waals surface area contributed by atoms with Gasteiger partial charge in [-0.25, -0.2) is 4.85 Å². The zero-order valence-corrected chi connectivity index (χ0v) is 44.7. The Hall–Kier alpha value is -10.5. The fraction of sp³-hybridized carbons (Fsp3) is 0. The summed E-state index contributed by atoms with van der Waals surface area (Å²) in [7, 11) is 0. The lowest BCUT2D eigenvalue weighted by Gasteiger charge is -2.26. The molecular formula is C74H40N4OS2. The number of nitriles is 1. The van der Waals surface area contributed by atoms with E-state index in [4.69, 9.17) is 4.42 Å². The van der Waals surface area contributed by atoms with Crippen LogP contribution in [0.4, 0.5) is 5.69 Å². The van der Waals surface area contributed by atoms with Crippen LogP contribution in [0.3, 0.4) is 0 Å². The molecule has 5 nitrogen and oxygen atoms in total. The molecule has 0 spiro atoms. The van der Waals surface area contributed by atoms with Crippen molar-refractivity contribution in [3.8, 4) is 62.0 Å². The summed E-state index contributed by atoms with van der Waals surface area (Å²) in [6, 6.07) is 88.5. The van der Waals surface area contributed by atoms with Crippen molar-refractivity contribution in [2.75, 3.05) is 0 Å². The molecule has 12 aromatic carbocycles. The molecule has 374 valence electrons. The lowest BCUT2D eigenvalue weighted by atomic mass is 9.88. The van der Waals surface area contributed by atoms with Crippen LogP contribution in [-0.2, 0) is 0 Å². The zero-order chi connectivity index (χ0) is 53.4.